The first-order valence-corrected chi connectivity index (χ1v) is 10.8. The summed E-state index contributed by atoms with van der Waals surface area (Å²) in [6, 6.07) is 14.4. The van der Waals surface area contributed by atoms with Crippen LogP contribution in [0.15, 0.2) is 48.5 Å². The highest BCUT2D eigenvalue weighted by atomic mass is 32.1. The van der Waals surface area contributed by atoms with Gasteiger partial charge in [-0.3, -0.25) is 4.79 Å². The Morgan fingerprint density at radius 1 is 1.07 bits per heavy atom. The summed E-state index contributed by atoms with van der Waals surface area (Å²) in [5.41, 5.74) is 3.68. The Morgan fingerprint density at radius 2 is 1.76 bits per heavy atom. The molecule has 0 saturated carbocycles. The maximum Gasteiger partial charge on any atom is 0.267 e. The van der Waals surface area contributed by atoms with Gasteiger partial charge in [0.05, 0.1) is 10.7 Å². The average Bonchev–Trinajstić information content (AvgIpc) is 3.11. The van der Waals surface area contributed by atoms with E-state index in [1.165, 1.54) is 48.4 Å². The number of carbonyl (C=O) groups is 1. The molecule has 4 rings (SSSR count). The molecule has 2 aromatic carbocycles. The van der Waals surface area contributed by atoms with Gasteiger partial charge in [-0.1, -0.05) is 12.1 Å². The fourth-order valence-electron chi connectivity index (χ4n) is 3.61. The highest BCUT2D eigenvalue weighted by molar-refractivity contribution is 7.14. The number of halogens is 1. The van der Waals surface area contributed by atoms with Crippen LogP contribution >= 0.6 is 11.3 Å². The number of hydrogen-bond donors (Lipinski definition) is 1. The first-order chi connectivity index (χ1) is 14.1. The van der Waals surface area contributed by atoms with Crippen LogP contribution in [0.1, 0.15) is 45.2 Å². The fourth-order valence-corrected chi connectivity index (χ4v) is 4.61. The van der Waals surface area contributed by atoms with Crippen molar-refractivity contribution in [2.45, 2.75) is 32.6 Å². The first kappa shape index (κ1) is 19.6. The van der Waals surface area contributed by atoms with Gasteiger partial charge < -0.3 is 10.2 Å². The first-order valence-electron chi connectivity index (χ1n) is 9.95. The lowest BCUT2D eigenvalue weighted by Gasteiger charge is -2.28. The number of aryl methyl sites for hydroxylation is 1. The van der Waals surface area contributed by atoms with Gasteiger partial charge in [0.25, 0.3) is 5.91 Å². The van der Waals surface area contributed by atoms with Crippen molar-refractivity contribution in [3.8, 4) is 0 Å². The van der Waals surface area contributed by atoms with Gasteiger partial charge in [-0.25, -0.2) is 9.37 Å². The van der Waals surface area contributed by atoms with E-state index in [4.69, 9.17) is 0 Å². The van der Waals surface area contributed by atoms with Crippen LogP contribution in [0.2, 0.25) is 0 Å². The summed E-state index contributed by atoms with van der Waals surface area (Å²) in [5.74, 6) is -0.397. The van der Waals surface area contributed by atoms with Gasteiger partial charge in [0.2, 0.25) is 0 Å². The molecule has 1 aliphatic rings. The molecule has 0 aliphatic carbocycles. The van der Waals surface area contributed by atoms with E-state index in [2.05, 4.69) is 27.3 Å². The van der Waals surface area contributed by atoms with Crippen molar-refractivity contribution in [3.05, 3.63) is 75.5 Å². The number of nitrogens with zero attached hydrogens (tertiary/aromatic N) is 2. The molecule has 6 heteroatoms. The van der Waals surface area contributed by atoms with Crippen molar-refractivity contribution in [1.82, 2.24) is 4.98 Å². The molecular formula is C23H24FN3OS. The topological polar surface area (TPSA) is 45.2 Å². The molecule has 4 nitrogen and oxygen atoms in total. The average molecular weight is 410 g/mol. The third-order valence-electron chi connectivity index (χ3n) is 5.16. The Balaban J connectivity index is 1.41. The van der Waals surface area contributed by atoms with Gasteiger partial charge in [0.1, 0.15) is 10.7 Å². The van der Waals surface area contributed by atoms with Gasteiger partial charge in [-0.05, 0) is 68.1 Å². The van der Waals surface area contributed by atoms with Crippen LogP contribution in [0.5, 0.6) is 0 Å². The summed E-state index contributed by atoms with van der Waals surface area (Å²) in [4.78, 5) is 20.3. The zero-order valence-electron chi connectivity index (χ0n) is 16.5. The van der Waals surface area contributed by atoms with Crippen LogP contribution in [0.3, 0.4) is 0 Å². The molecule has 1 amide bonds. The Hall–Kier alpha value is -2.73. The monoisotopic (exact) mass is 409 g/mol. The predicted octanol–water partition coefficient (Wildman–Crippen LogP) is 5.42. The highest BCUT2D eigenvalue weighted by Gasteiger charge is 2.16. The van der Waals surface area contributed by atoms with E-state index >= 15 is 0 Å². The summed E-state index contributed by atoms with van der Waals surface area (Å²) in [5, 5.41) is 3.82. The van der Waals surface area contributed by atoms with E-state index in [1.54, 1.807) is 12.1 Å². The zero-order valence-corrected chi connectivity index (χ0v) is 17.3. The van der Waals surface area contributed by atoms with Crippen molar-refractivity contribution < 1.29 is 9.18 Å². The molecule has 0 unspecified atom stereocenters. The second-order valence-electron chi connectivity index (χ2n) is 7.37. The minimum absolute atomic E-state index is 0.143. The third kappa shape index (κ3) is 4.82. The van der Waals surface area contributed by atoms with Crippen LogP contribution < -0.4 is 10.2 Å². The van der Waals surface area contributed by atoms with Crippen molar-refractivity contribution in [3.63, 3.8) is 0 Å². The molecule has 29 heavy (non-hydrogen) atoms. The fraction of sp³-hybridized carbons (Fsp3) is 0.304. The molecule has 150 valence electrons. The van der Waals surface area contributed by atoms with Gasteiger partial charge in [-0.15, -0.1) is 11.3 Å². The summed E-state index contributed by atoms with van der Waals surface area (Å²) in [6.45, 7) is 4.05. The van der Waals surface area contributed by atoms with Gasteiger partial charge in [0, 0.05) is 30.9 Å². The second kappa shape index (κ2) is 8.74. The Morgan fingerprint density at radius 3 is 2.45 bits per heavy atom. The van der Waals surface area contributed by atoms with Crippen molar-refractivity contribution >= 4 is 28.6 Å². The minimum atomic E-state index is -0.254. The molecule has 1 fully saturated rings. The van der Waals surface area contributed by atoms with Crippen LogP contribution in [0.25, 0.3) is 0 Å². The number of benzene rings is 2. The minimum Gasteiger partial charge on any atom is -0.372 e. The Bertz CT molecular complexity index is 976. The summed E-state index contributed by atoms with van der Waals surface area (Å²) < 4.78 is 13.1. The summed E-state index contributed by atoms with van der Waals surface area (Å²) >= 11 is 1.39. The zero-order chi connectivity index (χ0) is 20.2. The number of nitrogens with one attached hydrogen (secondary N) is 1. The molecule has 0 atom stereocenters. The van der Waals surface area contributed by atoms with Crippen LogP contribution in [0.4, 0.5) is 15.8 Å². The van der Waals surface area contributed by atoms with Crippen LogP contribution in [-0.4, -0.2) is 24.0 Å². The smallest absolute Gasteiger partial charge is 0.267 e. The molecule has 3 aromatic rings. The molecule has 2 heterocycles. The number of anilines is 2. The van der Waals surface area contributed by atoms with E-state index in [-0.39, 0.29) is 11.7 Å². The molecule has 0 bridgehead atoms. The molecule has 0 spiro atoms. The maximum atomic E-state index is 13.1. The molecule has 0 radical (unpaired) electrons. The standard InChI is InChI=1S/C23H24FN3OS/c1-16-22(29-21(25-16)15-17-5-7-18(24)8-6-17)23(28)26-19-9-11-20(12-10-19)27-13-3-2-4-14-27/h5-12H,2-4,13-15H2,1H3,(H,26,28). The van der Waals surface area contributed by atoms with E-state index in [1.807, 2.05) is 19.1 Å². The molecule has 1 saturated heterocycles. The number of rotatable bonds is 5. The van der Waals surface area contributed by atoms with E-state index in [0.29, 0.717) is 11.3 Å². The third-order valence-corrected chi connectivity index (χ3v) is 6.32. The SMILES string of the molecule is Cc1nc(Cc2ccc(F)cc2)sc1C(=O)Nc1ccc(N2CCCCC2)cc1. The number of carbonyl (C=O) groups excluding carboxylic acids is 1. The lowest BCUT2D eigenvalue weighted by atomic mass is 10.1. The number of thiazole rings is 1. The normalized spacial score (nSPS) is 14.1. The van der Waals surface area contributed by atoms with Crippen LogP contribution in [0, 0.1) is 12.7 Å². The van der Waals surface area contributed by atoms with Crippen molar-refractivity contribution in [2.24, 2.45) is 0 Å². The number of aromatic nitrogens is 1. The summed E-state index contributed by atoms with van der Waals surface area (Å²) in [7, 11) is 0. The molecule has 1 aromatic heterocycles. The molecular weight excluding hydrogens is 385 g/mol. The van der Waals surface area contributed by atoms with Crippen molar-refractivity contribution in [1.29, 1.82) is 0 Å². The quantitative estimate of drug-likeness (QED) is 0.612. The lowest BCUT2D eigenvalue weighted by Crippen LogP contribution is -2.29. The number of amides is 1. The Kier molecular flexibility index (Phi) is 5.90. The summed E-state index contributed by atoms with van der Waals surface area (Å²) in [6.07, 6.45) is 4.37. The number of hydrogen-bond acceptors (Lipinski definition) is 4. The van der Waals surface area contributed by atoms with Gasteiger partial charge in [0.15, 0.2) is 0 Å². The Labute approximate surface area is 174 Å². The highest BCUT2D eigenvalue weighted by Crippen LogP contribution is 2.24. The van der Waals surface area contributed by atoms with E-state index in [0.717, 1.165) is 35.0 Å². The lowest BCUT2D eigenvalue weighted by molar-refractivity contribution is 0.103. The molecule has 1 aliphatic heterocycles. The number of piperidine rings is 1. The molecule has 1 N–H and O–H groups in total. The second-order valence-corrected chi connectivity index (χ2v) is 8.46. The maximum absolute atomic E-state index is 13.1. The van der Waals surface area contributed by atoms with E-state index < -0.39 is 0 Å². The largest absolute Gasteiger partial charge is 0.372 e. The van der Waals surface area contributed by atoms with Gasteiger partial charge >= 0.3 is 0 Å². The van der Waals surface area contributed by atoms with Crippen LogP contribution in [-0.2, 0) is 6.42 Å². The van der Waals surface area contributed by atoms with Crippen molar-refractivity contribution in [2.75, 3.05) is 23.3 Å². The predicted molar refractivity (Wildman–Crippen MR) is 117 cm³/mol. The van der Waals surface area contributed by atoms with Gasteiger partial charge in [-0.2, -0.15) is 0 Å². The van der Waals surface area contributed by atoms with E-state index in [9.17, 15) is 9.18 Å².